The number of nitrogens with one attached hydrogen (secondary N) is 1. The molecule has 1 N–H and O–H groups in total. The Morgan fingerprint density at radius 3 is 2.63 bits per heavy atom. The summed E-state index contributed by atoms with van der Waals surface area (Å²) in [5, 5.41) is 3.47. The Morgan fingerprint density at radius 1 is 1.32 bits per heavy atom. The number of benzene rings is 1. The number of methoxy groups -OCH3 is 1. The highest BCUT2D eigenvalue weighted by molar-refractivity contribution is 5.89. The van der Waals surface area contributed by atoms with Gasteiger partial charge in [-0.15, -0.1) is 12.4 Å². The lowest BCUT2D eigenvalue weighted by Crippen LogP contribution is -2.31. The highest BCUT2D eigenvalue weighted by Crippen LogP contribution is 2.11. The molecule has 0 saturated carbocycles. The molecule has 104 valence electrons. The van der Waals surface area contributed by atoms with Crippen LogP contribution in [0.2, 0.25) is 0 Å². The molecule has 0 bridgehead atoms. The summed E-state index contributed by atoms with van der Waals surface area (Å²) in [5.41, 5.74) is 1.69. The fraction of sp³-hybridized carbons (Fsp3) is 0.400. The number of carbonyl (C=O) groups excluding carboxylic acids is 1. The van der Waals surface area contributed by atoms with Gasteiger partial charge in [0, 0.05) is 6.04 Å². The first-order chi connectivity index (χ1) is 8.79. The van der Waals surface area contributed by atoms with Crippen molar-refractivity contribution in [1.29, 1.82) is 0 Å². The van der Waals surface area contributed by atoms with E-state index in [9.17, 15) is 4.79 Å². The lowest BCUT2D eigenvalue weighted by Gasteiger charge is -2.19. The minimum Gasteiger partial charge on any atom is -0.465 e. The molecule has 1 aliphatic rings. The summed E-state index contributed by atoms with van der Waals surface area (Å²) in [6.45, 7) is 1.11. The molecule has 3 nitrogen and oxygen atoms in total. The van der Waals surface area contributed by atoms with E-state index >= 15 is 0 Å². The van der Waals surface area contributed by atoms with Gasteiger partial charge in [-0.2, -0.15) is 0 Å². The van der Waals surface area contributed by atoms with Crippen molar-refractivity contribution in [3.63, 3.8) is 0 Å². The van der Waals surface area contributed by atoms with Crippen LogP contribution in [0, 0.1) is 0 Å². The van der Waals surface area contributed by atoms with Crippen LogP contribution in [-0.4, -0.2) is 25.7 Å². The number of rotatable bonds is 3. The Hall–Kier alpha value is -1.32. The van der Waals surface area contributed by atoms with E-state index < -0.39 is 0 Å². The maximum Gasteiger partial charge on any atom is 0.337 e. The van der Waals surface area contributed by atoms with Gasteiger partial charge in [0.1, 0.15) is 0 Å². The molecular formula is C15H20ClNO2. The van der Waals surface area contributed by atoms with Crippen molar-refractivity contribution in [1.82, 2.24) is 5.32 Å². The van der Waals surface area contributed by atoms with Crippen molar-refractivity contribution in [2.45, 2.75) is 25.3 Å². The molecule has 1 unspecified atom stereocenters. The highest BCUT2D eigenvalue weighted by atomic mass is 35.5. The minimum atomic E-state index is -0.292. The summed E-state index contributed by atoms with van der Waals surface area (Å²) in [7, 11) is 1.39. The minimum absolute atomic E-state index is 0. The summed E-state index contributed by atoms with van der Waals surface area (Å²) < 4.78 is 4.66. The van der Waals surface area contributed by atoms with Crippen LogP contribution in [0.1, 0.15) is 35.2 Å². The first kappa shape index (κ1) is 15.7. The monoisotopic (exact) mass is 281 g/mol. The number of hydrogen-bond acceptors (Lipinski definition) is 3. The molecule has 0 amide bonds. The maximum atomic E-state index is 11.3. The average Bonchev–Trinajstić information content (AvgIpc) is 2.46. The van der Waals surface area contributed by atoms with E-state index in [0.717, 1.165) is 12.1 Å². The summed E-state index contributed by atoms with van der Waals surface area (Å²) in [6, 6.07) is 7.94. The Labute approximate surface area is 120 Å². The molecule has 1 fully saturated rings. The number of halogens is 1. The molecule has 2 rings (SSSR count). The fourth-order valence-corrected chi connectivity index (χ4v) is 2.12. The topological polar surface area (TPSA) is 38.3 Å². The van der Waals surface area contributed by atoms with E-state index in [0.29, 0.717) is 11.6 Å². The SMILES string of the molecule is COC(=O)c1ccc(/C=C/C2CCCCN2)cc1.Cl. The molecule has 1 heterocycles. The largest absolute Gasteiger partial charge is 0.465 e. The van der Waals surface area contributed by atoms with Gasteiger partial charge in [-0.3, -0.25) is 0 Å². The lowest BCUT2D eigenvalue weighted by atomic mass is 10.0. The third-order valence-corrected chi connectivity index (χ3v) is 3.20. The first-order valence-electron chi connectivity index (χ1n) is 6.39. The molecule has 1 atom stereocenters. The lowest BCUT2D eigenvalue weighted by molar-refractivity contribution is 0.0601. The second-order valence-corrected chi connectivity index (χ2v) is 4.53. The van der Waals surface area contributed by atoms with Crippen molar-refractivity contribution >= 4 is 24.5 Å². The van der Waals surface area contributed by atoms with Crippen LogP contribution < -0.4 is 5.32 Å². The van der Waals surface area contributed by atoms with Crippen LogP contribution in [0.3, 0.4) is 0 Å². The van der Waals surface area contributed by atoms with Crippen LogP contribution in [0.5, 0.6) is 0 Å². The van der Waals surface area contributed by atoms with Gasteiger partial charge >= 0.3 is 5.97 Å². The maximum absolute atomic E-state index is 11.3. The number of piperidine rings is 1. The zero-order valence-electron chi connectivity index (χ0n) is 11.1. The Balaban J connectivity index is 0.00000180. The van der Waals surface area contributed by atoms with Crippen molar-refractivity contribution in [3.8, 4) is 0 Å². The molecule has 0 aliphatic carbocycles. The molecule has 1 aromatic rings. The van der Waals surface area contributed by atoms with Gasteiger partial charge in [0.05, 0.1) is 12.7 Å². The van der Waals surface area contributed by atoms with Crippen LogP contribution in [-0.2, 0) is 4.74 Å². The summed E-state index contributed by atoms with van der Waals surface area (Å²) in [4.78, 5) is 11.3. The highest BCUT2D eigenvalue weighted by Gasteiger charge is 2.08. The predicted octanol–water partition coefficient (Wildman–Crippen LogP) is 3.05. The van der Waals surface area contributed by atoms with E-state index in [4.69, 9.17) is 0 Å². The summed E-state index contributed by atoms with van der Waals surface area (Å²) in [5.74, 6) is -0.292. The number of carbonyl (C=O) groups is 1. The zero-order valence-corrected chi connectivity index (χ0v) is 11.9. The molecule has 0 aromatic heterocycles. The van der Waals surface area contributed by atoms with Crippen LogP contribution in [0.4, 0.5) is 0 Å². The molecule has 4 heteroatoms. The second-order valence-electron chi connectivity index (χ2n) is 4.53. The van der Waals surface area contributed by atoms with Crippen LogP contribution in [0.25, 0.3) is 6.08 Å². The average molecular weight is 282 g/mol. The second kappa shape index (κ2) is 7.97. The van der Waals surface area contributed by atoms with Gasteiger partial charge in [-0.1, -0.05) is 30.7 Å². The van der Waals surface area contributed by atoms with Crippen molar-refractivity contribution in [3.05, 3.63) is 41.5 Å². The first-order valence-corrected chi connectivity index (χ1v) is 6.39. The number of ether oxygens (including phenoxy) is 1. The van der Waals surface area contributed by atoms with Gasteiger partial charge < -0.3 is 10.1 Å². The predicted molar refractivity (Wildman–Crippen MR) is 79.7 cm³/mol. The molecule has 1 aromatic carbocycles. The van der Waals surface area contributed by atoms with Crippen LogP contribution in [0.15, 0.2) is 30.3 Å². The third kappa shape index (κ3) is 4.69. The standard InChI is InChI=1S/C15H19NO2.ClH/c1-18-15(17)13-8-5-12(6-9-13)7-10-14-4-2-3-11-16-14;/h5-10,14,16H,2-4,11H2,1H3;1H/b10-7+;. The van der Waals surface area contributed by atoms with E-state index in [1.807, 2.05) is 12.1 Å². The molecule has 0 spiro atoms. The smallest absolute Gasteiger partial charge is 0.337 e. The molecule has 1 aliphatic heterocycles. The van der Waals surface area contributed by atoms with E-state index in [1.54, 1.807) is 12.1 Å². The van der Waals surface area contributed by atoms with E-state index in [2.05, 4.69) is 22.2 Å². The number of esters is 1. The molecule has 1 saturated heterocycles. The summed E-state index contributed by atoms with van der Waals surface area (Å²) >= 11 is 0. The van der Waals surface area contributed by atoms with Gasteiger partial charge in [0.2, 0.25) is 0 Å². The molecule has 0 radical (unpaired) electrons. The summed E-state index contributed by atoms with van der Waals surface area (Å²) in [6.07, 6.45) is 8.08. The Bertz CT molecular complexity index is 422. The van der Waals surface area contributed by atoms with Gasteiger partial charge in [0.25, 0.3) is 0 Å². The Morgan fingerprint density at radius 2 is 2.05 bits per heavy atom. The molecule has 19 heavy (non-hydrogen) atoms. The number of hydrogen-bond donors (Lipinski definition) is 1. The van der Waals surface area contributed by atoms with Crippen molar-refractivity contribution < 1.29 is 9.53 Å². The molecular weight excluding hydrogens is 262 g/mol. The van der Waals surface area contributed by atoms with Crippen molar-refractivity contribution in [2.75, 3.05) is 13.7 Å². The van der Waals surface area contributed by atoms with Crippen LogP contribution >= 0.6 is 12.4 Å². The fourth-order valence-electron chi connectivity index (χ4n) is 2.12. The van der Waals surface area contributed by atoms with Gasteiger partial charge in [0.15, 0.2) is 0 Å². The zero-order chi connectivity index (χ0) is 12.8. The van der Waals surface area contributed by atoms with Gasteiger partial charge in [-0.25, -0.2) is 4.79 Å². The quantitative estimate of drug-likeness (QED) is 0.866. The normalized spacial score (nSPS) is 18.9. The van der Waals surface area contributed by atoms with E-state index in [-0.39, 0.29) is 18.4 Å². The Kier molecular flexibility index (Phi) is 6.60. The van der Waals surface area contributed by atoms with Gasteiger partial charge in [-0.05, 0) is 37.1 Å². The van der Waals surface area contributed by atoms with E-state index in [1.165, 1.54) is 26.4 Å². The third-order valence-electron chi connectivity index (χ3n) is 3.20. The van der Waals surface area contributed by atoms with Crippen molar-refractivity contribution in [2.24, 2.45) is 0 Å².